The Morgan fingerprint density at radius 1 is 1.37 bits per heavy atom. The minimum Gasteiger partial charge on any atom is -0.383 e. The minimum absolute atomic E-state index is 0.0501. The molecule has 0 bridgehead atoms. The first-order valence-corrected chi connectivity index (χ1v) is 8.45. The maximum absolute atomic E-state index is 12.6. The van der Waals surface area contributed by atoms with Crippen molar-refractivity contribution in [1.82, 2.24) is 9.29 Å². The van der Waals surface area contributed by atoms with Gasteiger partial charge in [0.2, 0.25) is 10.0 Å². The van der Waals surface area contributed by atoms with Gasteiger partial charge in [-0.1, -0.05) is 13.8 Å². The normalized spacial score (nSPS) is 25.4. The fourth-order valence-electron chi connectivity index (χ4n) is 2.58. The third-order valence-electron chi connectivity index (χ3n) is 3.30. The number of anilines is 1. The highest BCUT2D eigenvalue weighted by Crippen LogP contribution is 2.29. The first kappa shape index (κ1) is 14.7. The van der Waals surface area contributed by atoms with Gasteiger partial charge in [0.1, 0.15) is 10.7 Å². The molecule has 106 valence electrons. The van der Waals surface area contributed by atoms with Crippen molar-refractivity contribution in [3.63, 3.8) is 0 Å². The summed E-state index contributed by atoms with van der Waals surface area (Å²) in [6.07, 6.45) is 2.55. The molecule has 19 heavy (non-hydrogen) atoms. The fraction of sp³-hybridized carbons (Fsp3) is 0.583. The van der Waals surface area contributed by atoms with Crippen molar-refractivity contribution < 1.29 is 8.42 Å². The molecule has 0 radical (unpaired) electrons. The molecule has 1 aliphatic rings. The van der Waals surface area contributed by atoms with Crippen molar-refractivity contribution in [1.29, 1.82) is 0 Å². The lowest BCUT2D eigenvalue weighted by Gasteiger charge is -2.34. The largest absolute Gasteiger partial charge is 0.383 e. The number of halogens is 1. The van der Waals surface area contributed by atoms with Gasteiger partial charge in [-0.05, 0) is 40.3 Å². The topological polar surface area (TPSA) is 76.3 Å². The second-order valence-corrected chi connectivity index (χ2v) is 8.13. The van der Waals surface area contributed by atoms with Crippen LogP contribution in [0.1, 0.15) is 20.3 Å². The molecule has 7 heteroatoms. The van der Waals surface area contributed by atoms with Crippen LogP contribution in [0.3, 0.4) is 0 Å². The number of nitrogen functional groups attached to an aromatic ring is 1. The summed E-state index contributed by atoms with van der Waals surface area (Å²) in [5.74, 6) is 0.772. The molecule has 2 atom stereocenters. The van der Waals surface area contributed by atoms with Gasteiger partial charge in [-0.25, -0.2) is 13.4 Å². The number of rotatable bonds is 2. The lowest BCUT2D eigenvalue weighted by atomic mass is 9.94. The van der Waals surface area contributed by atoms with Gasteiger partial charge in [-0.2, -0.15) is 4.31 Å². The highest BCUT2D eigenvalue weighted by Gasteiger charge is 2.33. The molecule has 1 saturated heterocycles. The molecule has 0 spiro atoms. The Morgan fingerprint density at radius 2 is 1.95 bits per heavy atom. The van der Waals surface area contributed by atoms with Crippen molar-refractivity contribution in [3.8, 4) is 0 Å². The van der Waals surface area contributed by atoms with E-state index in [9.17, 15) is 8.42 Å². The van der Waals surface area contributed by atoms with Crippen molar-refractivity contribution in [2.75, 3.05) is 18.8 Å². The Morgan fingerprint density at radius 3 is 2.53 bits per heavy atom. The molecule has 0 saturated carbocycles. The molecule has 2 unspecified atom stereocenters. The predicted octanol–water partition coefficient (Wildman–Crippen LogP) is 2.09. The van der Waals surface area contributed by atoms with Gasteiger partial charge in [0, 0.05) is 23.8 Å². The number of hydrogen-bond acceptors (Lipinski definition) is 4. The van der Waals surface area contributed by atoms with Crippen LogP contribution >= 0.6 is 15.9 Å². The summed E-state index contributed by atoms with van der Waals surface area (Å²) >= 11 is 3.24. The van der Waals surface area contributed by atoms with Gasteiger partial charge in [-0.15, -0.1) is 0 Å². The molecule has 0 amide bonds. The zero-order valence-corrected chi connectivity index (χ0v) is 13.4. The van der Waals surface area contributed by atoms with E-state index in [4.69, 9.17) is 5.73 Å². The third kappa shape index (κ3) is 3.09. The molecule has 2 rings (SSSR count). The average molecular weight is 348 g/mol. The molecule has 1 aromatic heterocycles. The lowest BCUT2D eigenvalue weighted by Crippen LogP contribution is -2.42. The summed E-state index contributed by atoms with van der Waals surface area (Å²) in [6.45, 7) is 5.22. The predicted molar refractivity (Wildman–Crippen MR) is 78.1 cm³/mol. The van der Waals surface area contributed by atoms with Gasteiger partial charge in [0.25, 0.3) is 0 Å². The average Bonchev–Trinajstić information content (AvgIpc) is 2.31. The van der Waals surface area contributed by atoms with Crippen molar-refractivity contribution in [2.24, 2.45) is 11.8 Å². The second-order valence-electron chi connectivity index (χ2n) is 5.30. The summed E-state index contributed by atoms with van der Waals surface area (Å²) < 4.78 is 27.4. The van der Waals surface area contributed by atoms with Crippen LogP contribution in [-0.4, -0.2) is 30.8 Å². The van der Waals surface area contributed by atoms with Crippen LogP contribution in [0, 0.1) is 11.8 Å². The highest BCUT2D eigenvalue weighted by atomic mass is 79.9. The monoisotopic (exact) mass is 347 g/mol. The molecular formula is C12H18BrN3O2S. The molecule has 5 nitrogen and oxygen atoms in total. The number of aromatic nitrogens is 1. The van der Waals surface area contributed by atoms with Crippen molar-refractivity contribution in [3.05, 3.63) is 16.7 Å². The van der Waals surface area contributed by atoms with E-state index in [1.54, 1.807) is 0 Å². The summed E-state index contributed by atoms with van der Waals surface area (Å²) in [6, 6.07) is 1.52. The number of pyridine rings is 1. The molecule has 2 N–H and O–H groups in total. The van der Waals surface area contributed by atoms with Gasteiger partial charge in [-0.3, -0.25) is 0 Å². The number of nitrogens with two attached hydrogens (primary N) is 1. The van der Waals surface area contributed by atoms with Gasteiger partial charge >= 0.3 is 0 Å². The van der Waals surface area contributed by atoms with E-state index in [1.807, 2.05) is 0 Å². The standard InChI is InChI=1S/C12H18BrN3O2S/c1-8-3-9(2)7-16(6-8)19(17,18)11-4-10(13)5-15-12(11)14/h4-5,8-9H,3,6-7H2,1-2H3,(H2,14,15). The zero-order valence-electron chi connectivity index (χ0n) is 11.0. The SMILES string of the molecule is CC1CC(C)CN(S(=O)(=O)c2cc(Br)cnc2N)C1. The number of hydrogen-bond donors (Lipinski definition) is 1. The van der Waals surface area contributed by atoms with Crippen LogP contribution in [-0.2, 0) is 10.0 Å². The van der Waals surface area contributed by atoms with Crippen LogP contribution in [0.15, 0.2) is 21.6 Å². The van der Waals surface area contributed by atoms with E-state index in [0.717, 1.165) is 6.42 Å². The first-order chi connectivity index (χ1) is 8.80. The fourth-order valence-corrected chi connectivity index (χ4v) is 4.83. The molecule has 2 heterocycles. The summed E-state index contributed by atoms with van der Waals surface area (Å²) in [4.78, 5) is 3.99. The summed E-state index contributed by atoms with van der Waals surface area (Å²) in [5.41, 5.74) is 5.71. The van der Waals surface area contributed by atoms with Crippen molar-refractivity contribution >= 4 is 31.8 Å². The summed E-state index contributed by atoms with van der Waals surface area (Å²) in [5, 5.41) is 0. The van der Waals surface area contributed by atoms with E-state index in [0.29, 0.717) is 29.4 Å². The van der Waals surface area contributed by atoms with Gasteiger partial charge in [0.15, 0.2) is 0 Å². The summed E-state index contributed by atoms with van der Waals surface area (Å²) in [7, 11) is -3.57. The number of nitrogens with zero attached hydrogens (tertiary/aromatic N) is 2. The smallest absolute Gasteiger partial charge is 0.246 e. The van der Waals surface area contributed by atoms with Gasteiger partial charge < -0.3 is 5.73 Å². The van der Waals surface area contributed by atoms with Crippen LogP contribution < -0.4 is 5.73 Å². The second kappa shape index (κ2) is 5.38. The maximum Gasteiger partial charge on any atom is 0.246 e. The number of sulfonamides is 1. The Balaban J connectivity index is 2.39. The zero-order chi connectivity index (χ0) is 14.2. The van der Waals surface area contributed by atoms with Gasteiger partial charge in [0.05, 0.1) is 0 Å². The third-order valence-corrected chi connectivity index (χ3v) is 5.60. The van der Waals surface area contributed by atoms with E-state index < -0.39 is 10.0 Å². The van der Waals surface area contributed by atoms with Crippen LogP contribution in [0.5, 0.6) is 0 Å². The quantitative estimate of drug-likeness (QED) is 0.888. The Kier molecular flexibility index (Phi) is 4.17. The van der Waals surface area contributed by atoms with E-state index in [-0.39, 0.29) is 10.7 Å². The Hall–Kier alpha value is -0.660. The Labute approximate surface area is 122 Å². The van der Waals surface area contributed by atoms with E-state index in [2.05, 4.69) is 34.8 Å². The van der Waals surface area contributed by atoms with E-state index in [1.165, 1.54) is 16.6 Å². The molecule has 0 aromatic carbocycles. The van der Waals surface area contributed by atoms with Crippen LogP contribution in [0.2, 0.25) is 0 Å². The molecule has 1 aromatic rings. The van der Waals surface area contributed by atoms with Crippen LogP contribution in [0.4, 0.5) is 5.82 Å². The maximum atomic E-state index is 12.6. The molecule has 1 fully saturated rings. The Bertz CT molecular complexity index is 566. The molecule has 1 aliphatic heterocycles. The van der Waals surface area contributed by atoms with Crippen LogP contribution in [0.25, 0.3) is 0 Å². The highest BCUT2D eigenvalue weighted by molar-refractivity contribution is 9.10. The van der Waals surface area contributed by atoms with Crippen molar-refractivity contribution in [2.45, 2.75) is 25.2 Å². The lowest BCUT2D eigenvalue weighted by molar-refractivity contribution is 0.222. The van der Waals surface area contributed by atoms with E-state index >= 15 is 0 Å². The number of piperidine rings is 1. The first-order valence-electron chi connectivity index (χ1n) is 6.22. The molecular weight excluding hydrogens is 330 g/mol. The minimum atomic E-state index is -3.57. The molecule has 0 aliphatic carbocycles.